The van der Waals surface area contributed by atoms with Gasteiger partial charge in [0.1, 0.15) is 0 Å². The van der Waals surface area contributed by atoms with Gasteiger partial charge in [0.25, 0.3) is 0 Å². The van der Waals surface area contributed by atoms with Crippen LogP contribution in [0.25, 0.3) is 0 Å². The zero-order chi connectivity index (χ0) is 14.2. The summed E-state index contributed by atoms with van der Waals surface area (Å²) >= 11 is 0. The maximum Gasteiger partial charge on any atom is 0.0599 e. The molecular formula is C18H24N2. The fraction of sp³-hybridized carbons (Fsp3) is 0.333. The fourth-order valence-corrected chi connectivity index (χ4v) is 2.61. The van der Waals surface area contributed by atoms with Gasteiger partial charge in [-0.2, -0.15) is 0 Å². The predicted octanol–water partition coefficient (Wildman–Crippen LogP) is 3.32. The fourth-order valence-electron chi connectivity index (χ4n) is 2.61. The van der Waals surface area contributed by atoms with E-state index in [1.54, 1.807) is 0 Å². The van der Waals surface area contributed by atoms with Crippen LogP contribution in [0.15, 0.2) is 60.7 Å². The van der Waals surface area contributed by atoms with Gasteiger partial charge in [0.2, 0.25) is 0 Å². The molecule has 0 amide bonds. The molecule has 0 unspecified atom stereocenters. The van der Waals surface area contributed by atoms with Crippen LogP contribution in [0.1, 0.15) is 23.6 Å². The van der Waals surface area contributed by atoms with Crippen molar-refractivity contribution in [1.82, 2.24) is 10.2 Å². The van der Waals surface area contributed by atoms with Gasteiger partial charge in [-0.05, 0) is 44.7 Å². The number of hydrogen-bond donors (Lipinski definition) is 1. The Labute approximate surface area is 122 Å². The molecule has 0 heterocycles. The lowest BCUT2D eigenvalue weighted by Crippen LogP contribution is -2.28. The van der Waals surface area contributed by atoms with Crippen LogP contribution in [0.2, 0.25) is 0 Å². The lowest BCUT2D eigenvalue weighted by molar-refractivity contribution is 0.275. The van der Waals surface area contributed by atoms with E-state index in [2.05, 4.69) is 77.9 Å². The zero-order valence-corrected chi connectivity index (χ0v) is 12.4. The highest BCUT2D eigenvalue weighted by molar-refractivity contribution is 5.31. The van der Waals surface area contributed by atoms with E-state index in [0.717, 1.165) is 19.5 Å². The van der Waals surface area contributed by atoms with Gasteiger partial charge in [-0.3, -0.25) is 4.90 Å². The highest BCUT2D eigenvalue weighted by Gasteiger charge is 2.18. The molecule has 0 fully saturated rings. The van der Waals surface area contributed by atoms with Crippen LogP contribution in [0.5, 0.6) is 0 Å². The van der Waals surface area contributed by atoms with Gasteiger partial charge >= 0.3 is 0 Å². The molecule has 0 atom stereocenters. The van der Waals surface area contributed by atoms with Gasteiger partial charge in [-0.1, -0.05) is 60.7 Å². The quantitative estimate of drug-likeness (QED) is 0.775. The summed E-state index contributed by atoms with van der Waals surface area (Å²) in [5.41, 5.74) is 2.70. The Morgan fingerprint density at radius 2 is 1.40 bits per heavy atom. The third-order valence-electron chi connectivity index (χ3n) is 3.61. The summed E-state index contributed by atoms with van der Waals surface area (Å²) in [6.45, 7) is 2.13. The highest BCUT2D eigenvalue weighted by atomic mass is 15.1. The molecule has 2 aromatic rings. The summed E-state index contributed by atoms with van der Waals surface area (Å²) in [6, 6.07) is 21.8. The van der Waals surface area contributed by atoms with Crippen molar-refractivity contribution < 1.29 is 0 Å². The van der Waals surface area contributed by atoms with Crippen LogP contribution >= 0.6 is 0 Å². The van der Waals surface area contributed by atoms with Crippen molar-refractivity contribution in [2.24, 2.45) is 0 Å². The van der Waals surface area contributed by atoms with Crippen molar-refractivity contribution in [2.75, 3.05) is 27.2 Å². The average Bonchev–Trinajstić information content (AvgIpc) is 2.50. The molecule has 0 radical (unpaired) electrons. The van der Waals surface area contributed by atoms with Crippen molar-refractivity contribution in [3.63, 3.8) is 0 Å². The molecule has 0 aliphatic carbocycles. The lowest BCUT2D eigenvalue weighted by atomic mass is 9.97. The second-order valence-corrected chi connectivity index (χ2v) is 5.16. The first-order valence-corrected chi connectivity index (χ1v) is 7.27. The van der Waals surface area contributed by atoms with E-state index in [0.29, 0.717) is 6.04 Å². The Kier molecular flexibility index (Phi) is 5.78. The number of hydrogen-bond acceptors (Lipinski definition) is 2. The highest BCUT2D eigenvalue weighted by Crippen LogP contribution is 2.27. The van der Waals surface area contributed by atoms with Crippen LogP contribution in [0, 0.1) is 0 Å². The van der Waals surface area contributed by atoms with Crippen LogP contribution in [-0.4, -0.2) is 32.1 Å². The Bertz CT molecular complexity index is 442. The molecule has 0 spiro atoms. The molecule has 2 aromatic carbocycles. The monoisotopic (exact) mass is 268 g/mol. The first kappa shape index (κ1) is 14.8. The molecule has 106 valence electrons. The Balaban J connectivity index is 2.21. The Hall–Kier alpha value is -1.64. The van der Waals surface area contributed by atoms with Crippen molar-refractivity contribution in [2.45, 2.75) is 12.5 Å². The van der Waals surface area contributed by atoms with E-state index < -0.39 is 0 Å². The lowest BCUT2D eigenvalue weighted by Gasteiger charge is -2.29. The molecular weight excluding hydrogens is 244 g/mol. The SMILES string of the molecule is CNCCCN(C)C(c1ccccc1)c1ccccc1. The van der Waals surface area contributed by atoms with Crippen molar-refractivity contribution in [3.05, 3.63) is 71.8 Å². The summed E-state index contributed by atoms with van der Waals surface area (Å²) < 4.78 is 0. The van der Waals surface area contributed by atoms with Gasteiger partial charge in [0.05, 0.1) is 6.04 Å². The van der Waals surface area contributed by atoms with Gasteiger partial charge < -0.3 is 5.32 Å². The minimum atomic E-state index is 0.328. The first-order chi connectivity index (χ1) is 9.83. The third-order valence-corrected chi connectivity index (χ3v) is 3.61. The Morgan fingerprint density at radius 1 is 0.900 bits per heavy atom. The minimum Gasteiger partial charge on any atom is -0.320 e. The van der Waals surface area contributed by atoms with Crippen molar-refractivity contribution in [1.29, 1.82) is 0 Å². The number of rotatable bonds is 7. The van der Waals surface area contributed by atoms with E-state index >= 15 is 0 Å². The molecule has 0 aliphatic heterocycles. The molecule has 0 bridgehead atoms. The summed E-state index contributed by atoms with van der Waals surface area (Å²) in [6.07, 6.45) is 1.16. The zero-order valence-electron chi connectivity index (χ0n) is 12.4. The summed E-state index contributed by atoms with van der Waals surface area (Å²) in [5.74, 6) is 0. The van der Waals surface area contributed by atoms with Gasteiger partial charge in [0, 0.05) is 0 Å². The van der Waals surface area contributed by atoms with E-state index in [4.69, 9.17) is 0 Å². The van der Waals surface area contributed by atoms with E-state index in [1.165, 1.54) is 11.1 Å². The summed E-state index contributed by atoms with van der Waals surface area (Å²) in [7, 11) is 4.21. The molecule has 2 heteroatoms. The van der Waals surface area contributed by atoms with Crippen LogP contribution in [0.4, 0.5) is 0 Å². The largest absolute Gasteiger partial charge is 0.320 e. The molecule has 0 aliphatic rings. The Morgan fingerprint density at radius 3 is 1.85 bits per heavy atom. The normalized spacial score (nSPS) is 11.2. The van der Waals surface area contributed by atoms with Gasteiger partial charge in [-0.15, -0.1) is 0 Å². The second-order valence-electron chi connectivity index (χ2n) is 5.16. The van der Waals surface area contributed by atoms with E-state index in [9.17, 15) is 0 Å². The maximum atomic E-state index is 3.21. The first-order valence-electron chi connectivity index (χ1n) is 7.27. The third kappa shape index (κ3) is 3.92. The van der Waals surface area contributed by atoms with Gasteiger partial charge in [-0.25, -0.2) is 0 Å². The predicted molar refractivity (Wildman–Crippen MR) is 85.9 cm³/mol. The number of nitrogens with zero attached hydrogens (tertiary/aromatic N) is 1. The molecule has 0 saturated heterocycles. The average molecular weight is 268 g/mol. The van der Waals surface area contributed by atoms with Crippen LogP contribution in [-0.2, 0) is 0 Å². The van der Waals surface area contributed by atoms with Crippen LogP contribution in [0.3, 0.4) is 0 Å². The topological polar surface area (TPSA) is 15.3 Å². The molecule has 20 heavy (non-hydrogen) atoms. The van der Waals surface area contributed by atoms with Crippen molar-refractivity contribution in [3.8, 4) is 0 Å². The van der Waals surface area contributed by atoms with Crippen molar-refractivity contribution >= 4 is 0 Å². The van der Waals surface area contributed by atoms with Crippen LogP contribution < -0.4 is 5.32 Å². The number of benzene rings is 2. The second kappa shape index (κ2) is 7.83. The van der Waals surface area contributed by atoms with Gasteiger partial charge in [0.15, 0.2) is 0 Å². The maximum absolute atomic E-state index is 3.21. The van der Waals surface area contributed by atoms with E-state index in [-0.39, 0.29) is 0 Å². The molecule has 2 nitrogen and oxygen atoms in total. The summed E-state index contributed by atoms with van der Waals surface area (Å²) in [5, 5.41) is 3.21. The number of nitrogens with one attached hydrogen (secondary N) is 1. The molecule has 1 N–H and O–H groups in total. The molecule has 0 saturated carbocycles. The summed E-state index contributed by atoms with van der Waals surface area (Å²) in [4.78, 5) is 2.43. The standard InChI is InChI=1S/C18H24N2/c1-19-14-9-15-20(2)18(16-10-5-3-6-11-16)17-12-7-4-8-13-17/h3-8,10-13,18-19H,9,14-15H2,1-2H3. The molecule has 0 aromatic heterocycles. The smallest absolute Gasteiger partial charge is 0.0599 e. The minimum absolute atomic E-state index is 0.328. The van der Waals surface area contributed by atoms with E-state index in [1.807, 2.05) is 7.05 Å². The molecule has 2 rings (SSSR count).